The number of benzene rings is 1. The van der Waals surface area contributed by atoms with Gasteiger partial charge in [0.1, 0.15) is 5.75 Å². The van der Waals surface area contributed by atoms with E-state index in [0.29, 0.717) is 17.5 Å². The summed E-state index contributed by atoms with van der Waals surface area (Å²) in [6, 6.07) is 6.44. The fourth-order valence-corrected chi connectivity index (χ4v) is 2.29. The van der Waals surface area contributed by atoms with E-state index in [2.05, 4.69) is 0 Å². The summed E-state index contributed by atoms with van der Waals surface area (Å²) in [5.74, 6) is -2.40. The van der Waals surface area contributed by atoms with Crippen molar-refractivity contribution in [3.05, 3.63) is 29.8 Å². The molecule has 0 aromatic heterocycles. The highest BCUT2D eigenvalue weighted by molar-refractivity contribution is 8.00. The topological polar surface area (TPSA) is 66.8 Å². The van der Waals surface area contributed by atoms with E-state index >= 15 is 0 Å². The number of halogens is 3. The Balaban J connectivity index is 2.42. The molecule has 0 unspecified atom stereocenters. The van der Waals surface area contributed by atoms with E-state index in [-0.39, 0.29) is 12.3 Å². The molecule has 0 heterocycles. The largest absolute Gasteiger partial charge is 0.482 e. The van der Waals surface area contributed by atoms with Crippen molar-refractivity contribution in [1.29, 1.82) is 0 Å². The van der Waals surface area contributed by atoms with E-state index in [9.17, 15) is 22.8 Å². The van der Waals surface area contributed by atoms with Crippen LogP contribution < -0.4 is 4.74 Å². The van der Waals surface area contributed by atoms with E-state index in [1.807, 2.05) is 0 Å². The zero-order chi connectivity index (χ0) is 17.5. The number of hydrogen-bond acceptors (Lipinski definition) is 4. The van der Waals surface area contributed by atoms with Crippen molar-refractivity contribution in [2.24, 2.45) is 0 Å². The summed E-state index contributed by atoms with van der Waals surface area (Å²) < 4.78 is 41.0. The lowest BCUT2D eigenvalue weighted by Crippen LogP contribution is -2.28. The quantitative estimate of drug-likeness (QED) is 0.779. The van der Waals surface area contributed by atoms with Gasteiger partial charge >= 0.3 is 12.1 Å². The van der Waals surface area contributed by atoms with Gasteiger partial charge in [0.05, 0.1) is 11.5 Å². The Hall–Kier alpha value is -1.90. The molecule has 0 aliphatic heterocycles. The average Bonchev–Trinajstić information content (AvgIpc) is 2.45. The van der Waals surface area contributed by atoms with Crippen molar-refractivity contribution < 1.29 is 32.6 Å². The van der Waals surface area contributed by atoms with Gasteiger partial charge in [-0.3, -0.25) is 4.79 Å². The molecule has 0 spiro atoms. The minimum atomic E-state index is -4.28. The van der Waals surface area contributed by atoms with E-state index < -0.39 is 30.4 Å². The zero-order valence-electron chi connectivity index (χ0n) is 12.3. The van der Waals surface area contributed by atoms with Gasteiger partial charge in [0, 0.05) is 13.6 Å². The molecule has 23 heavy (non-hydrogen) atoms. The molecule has 9 heteroatoms. The van der Waals surface area contributed by atoms with Gasteiger partial charge in [-0.15, -0.1) is 11.8 Å². The summed E-state index contributed by atoms with van der Waals surface area (Å²) in [6.45, 7) is -0.210. The maximum Gasteiger partial charge on any atom is 0.397 e. The van der Waals surface area contributed by atoms with Crippen LogP contribution in [0.1, 0.15) is 5.56 Å². The van der Waals surface area contributed by atoms with E-state index in [1.165, 1.54) is 11.9 Å². The molecule has 0 bridgehead atoms. The van der Waals surface area contributed by atoms with Gasteiger partial charge in [0.25, 0.3) is 0 Å². The molecule has 1 N–H and O–H groups in total. The van der Waals surface area contributed by atoms with Gasteiger partial charge in [-0.05, 0) is 17.7 Å². The van der Waals surface area contributed by atoms with Crippen molar-refractivity contribution in [2.45, 2.75) is 12.7 Å². The number of carboxylic acid groups (broad SMARTS) is 1. The first-order valence-electron chi connectivity index (χ1n) is 6.49. The first kappa shape index (κ1) is 19.1. The minimum absolute atomic E-state index is 0.240. The van der Waals surface area contributed by atoms with Gasteiger partial charge < -0.3 is 14.7 Å². The average molecular weight is 351 g/mol. The second-order valence-corrected chi connectivity index (χ2v) is 5.67. The molecule has 1 amide bonds. The number of rotatable bonds is 8. The van der Waals surface area contributed by atoms with Crippen LogP contribution in [0, 0.1) is 0 Å². The van der Waals surface area contributed by atoms with Crippen molar-refractivity contribution in [1.82, 2.24) is 4.90 Å². The summed E-state index contributed by atoms with van der Waals surface area (Å²) in [5, 5.41) is 8.49. The fraction of sp³-hybridized carbons (Fsp3) is 0.429. The Morgan fingerprint density at radius 1 is 1.26 bits per heavy atom. The highest BCUT2D eigenvalue weighted by Crippen LogP contribution is 2.21. The van der Waals surface area contributed by atoms with Crippen LogP contribution in [-0.4, -0.2) is 53.2 Å². The lowest BCUT2D eigenvalue weighted by molar-refractivity contribution is -0.139. The number of carbonyl (C=O) groups is 2. The third-order valence-electron chi connectivity index (χ3n) is 2.62. The van der Waals surface area contributed by atoms with E-state index in [0.717, 1.165) is 5.56 Å². The van der Waals surface area contributed by atoms with Crippen LogP contribution in [0.5, 0.6) is 5.75 Å². The summed E-state index contributed by atoms with van der Waals surface area (Å²) in [6.07, 6.45) is -4.28. The summed E-state index contributed by atoms with van der Waals surface area (Å²) in [4.78, 5) is 23.4. The number of thioether (sulfide) groups is 1. The molecular formula is C14H16F3NO4S. The van der Waals surface area contributed by atoms with Crippen molar-refractivity contribution in [2.75, 3.05) is 25.2 Å². The molecule has 1 aromatic rings. The van der Waals surface area contributed by atoms with Crippen LogP contribution >= 0.6 is 11.8 Å². The van der Waals surface area contributed by atoms with Crippen LogP contribution in [0.15, 0.2) is 24.3 Å². The second-order valence-electron chi connectivity index (χ2n) is 4.68. The van der Waals surface area contributed by atoms with Crippen molar-refractivity contribution >= 4 is 23.6 Å². The smallest absolute Gasteiger partial charge is 0.397 e. The second kappa shape index (κ2) is 8.66. The van der Waals surface area contributed by atoms with Crippen LogP contribution in [0.3, 0.4) is 0 Å². The number of carboxylic acids is 1. The van der Waals surface area contributed by atoms with Crippen LogP contribution in [-0.2, 0) is 16.1 Å². The van der Waals surface area contributed by atoms with Crippen molar-refractivity contribution in [3.63, 3.8) is 0 Å². The Morgan fingerprint density at radius 3 is 2.39 bits per heavy atom. The number of aliphatic carboxylic acids is 1. The van der Waals surface area contributed by atoms with Crippen LogP contribution in [0.25, 0.3) is 0 Å². The van der Waals surface area contributed by atoms with E-state index in [1.54, 1.807) is 24.3 Å². The third kappa shape index (κ3) is 8.34. The minimum Gasteiger partial charge on any atom is -0.482 e. The molecule has 0 aliphatic rings. The summed E-state index contributed by atoms with van der Waals surface area (Å²) >= 11 is 0.527. The molecule has 0 atom stereocenters. The highest BCUT2D eigenvalue weighted by Gasteiger charge is 2.27. The molecule has 0 fully saturated rings. The standard InChI is InChI=1S/C14H16F3NO4S/c1-18(12(19)8-23-9-14(15,16)17)6-10-2-4-11(5-3-10)22-7-13(20)21/h2-5H,6-9H2,1H3,(H,20,21). The molecule has 1 rings (SSSR count). The van der Waals surface area contributed by atoms with Crippen molar-refractivity contribution in [3.8, 4) is 5.75 Å². The van der Waals surface area contributed by atoms with Crippen LogP contribution in [0.4, 0.5) is 13.2 Å². The molecule has 5 nitrogen and oxygen atoms in total. The molecule has 1 aromatic carbocycles. The van der Waals surface area contributed by atoms with Gasteiger partial charge in [0.15, 0.2) is 6.61 Å². The number of alkyl halides is 3. The lowest BCUT2D eigenvalue weighted by atomic mass is 10.2. The first-order chi connectivity index (χ1) is 10.7. The number of hydrogen-bond donors (Lipinski definition) is 1. The maximum atomic E-state index is 12.0. The Kier molecular flexibility index (Phi) is 7.21. The van der Waals surface area contributed by atoms with Gasteiger partial charge in [-0.1, -0.05) is 12.1 Å². The molecule has 128 valence electrons. The lowest BCUT2D eigenvalue weighted by Gasteiger charge is -2.17. The fourth-order valence-electron chi connectivity index (χ4n) is 1.56. The Labute approximate surface area is 135 Å². The monoisotopic (exact) mass is 351 g/mol. The molecular weight excluding hydrogens is 335 g/mol. The summed E-state index contributed by atoms with van der Waals surface area (Å²) in [5.41, 5.74) is 0.754. The van der Waals surface area contributed by atoms with Gasteiger partial charge in [-0.25, -0.2) is 4.79 Å². The predicted molar refractivity (Wildman–Crippen MR) is 79.4 cm³/mol. The normalized spacial score (nSPS) is 11.1. The SMILES string of the molecule is CN(Cc1ccc(OCC(=O)O)cc1)C(=O)CSCC(F)(F)F. The zero-order valence-corrected chi connectivity index (χ0v) is 13.1. The highest BCUT2D eigenvalue weighted by atomic mass is 32.2. The molecule has 0 saturated carbocycles. The van der Waals surface area contributed by atoms with Gasteiger partial charge in [0.2, 0.25) is 5.91 Å². The van der Waals surface area contributed by atoms with E-state index in [4.69, 9.17) is 9.84 Å². The Bertz CT molecular complexity index is 534. The van der Waals surface area contributed by atoms with Gasteiger partial charge in [-0.2, -0.15) is 13.2 Å². The molecule has 0 radical (unpaired) electrons. The third-order valence-corrected chi connectivity index (χ3v) is 3.60. The first-order valence-corrected chi connectivity index (χ1v) is 7.65. The molecule has 0 saturated heterocycles. The molecule has 0 aliphatic carbocycles. The van der Waals surface area contributed by atoms with Crippen LogP contribution in [0.2, 0.25) is 0 Å². The number of ether oxygens (including phenoxy) is 1. The predicted octanol–water partition coefficient (Wildman–Crippen LogP) is 2.40. The number of amides is 1. The maximum absolute atomic E-state index is 12.0. The number of nitrogens with zero attached hydrogens (tertiary/aromatic N) is 1. The summed E-state index contributed by atoms with van der Waals surface area (Å²) in [7, 11) is 1.51. The number of carbonyl (C=O) groups excluding carboxylic acids is 1. The Morgan fingerprint density at radius 2 is 1.87 bits per heavy atom.